The summed E-state index contributed by atoms with van der Waals surface area (Å²) in [4.78, 5) is 11.6. The maximum absolute atomic E-state index is 11.6. The fourth-order valence-corrected chi connectivity index (χ4v) is 1.45. The summed E-state index contributed by atoms with van der Waals surface area (Å²) in [6, 6.07) is 7.12. The maximum Gasteiger partial charge on any atom is 0.310 e. The molecule has 6 heteroatoms. The van der Waals surface area contributed by atoms with Crippen molar-refractivity contribution in [2.75, 3.05) is 5.73 Å². The van der Waals surface area contributed by atoms with E-state index in [-0.39, 0.29) is 19.0 Å². The number of nitrogens with two attached hydrogens (primary N) is 1. The van der Waals surface area contributed by atoms with Crippen molar-refractivity contribution < 1.29 is 14.2 Å². The molecule has 2 aromatic rings. The molecule has 0 amide bonds. The molecule has 6 nitrogen and oxygen atoms in total. The lowest BCUT2D eigenvalue weighted by Gasteiger charge is -2.03. The van der Waals surface area contributed by atoms with Gasteiger partial charge in [0, 0.05) is 5.69 Å². The van der Waals surface area contributed by atoms with Crippen LogP contribution in [0.25, 0.3) is 0 Å². The van der Waals surface area contributed by atoms with Crippen LogP contribution in [-0.4, -0.2) is 16.3 Å². The molecule has 2 rings (SSSR count). The minimum Gasteiger partial charge on any atom is -0.459 e. The molecule has 0 aliphatic heterocycles. The van der Waals surface area contributed by atoms with E-state index in [2.05, 4.69) is 14.9 Å². The van der Waals surface area contributed by atoms with E-state index in [4.69, 9.17) is 10.5 Å². The van der Waals surface area contributed by atoms with Crippen molar-refractivity contribution in [2.45, 2.75) is 20.0 Å². The van der Waals surface area contributed by atoms with Gasteiger partial charge in [0.25, 0.3) is 0 Å². The second-order valence-corrected chi connectivity index (χ2v) is 3.88. The van der Waals surface area contributed by atoms with E-state index in [1.165, 1.54) is 0 Å². The standard InChI is InChI=1S/C12H13N3O3/c1-8-11(15-18-14-8)7-17-12(16)6-9-3-2-4-10(13)5-9/h2-5H,6-7,13H2,1H3. The molecule has 18 heavy (non-hydrogen) atoms. The number of hydrogen-bond acceptors (Lipinski definition) is 6. The summed E-state index contributed by atoms with van der Waals surface area (Å²) in [7, 11) is 0. The number of aryl methyl sites for hydroxylation is 1. The minimum atomic E-state index is -0.344. The van der Waals surface area contributed by atoms with Crippen LogP contribution in [0.4, 0.5) is 5.69 Å². The summed E-state index contributed by atoms with van der Waals surface area (Å²) >= 11 is 0. The first kappa shape index (κ1) is 12.1. The average molecular weight is 247 g/mol. The zero-order valence-corrected chi connectivity index (χ0v) is 9.92. The first-order valence-corrected chi connectivity index (χ1v) is 5.43. The molecule has 0 saturated carbocycles. The number of ether oxygens (including phenoxy) is 1. The van der Waals surface area contributed by atoms with Crippen molar-refractivity contribution in [3.05, 3.63) is 41.2 Å². The van der Waals surface area contributed by atoms with Gasteiger partial charge in [-0.1, -0.05) is 22.4 Å². The molecular formula is C12H13N3O3. The van der Waals surface area contributed by atoms with Gasteiger partial charge in [0.15, 0.2) is 0 Å². The Morgan fingerprint density at radius 3 is 2.94 bits per heavy atom. The van der Waals surface area contributed by atoms with Crippen LogP contribution in [0.3, 0.4) is 0 Å². The average Bonchev–Trinajstić information content (AvgIpc) is 2.72. The van der Waals surface area contributed by atoms with Crippen LogP contribution in [-0.2, 0) is 22.6 Å². The highest BCUT2D eigenvalue weighted by Gasteiger charge is 2.09. The van der Waals surface area contributed by atoms with Gasteiger partial charge in [-0.15, -0.1) is 0 Å². The van der Waals surface area contributed by atoms with Crippen molar-refractivity contribution in [2.24, 2.45) is 0 Å². The summed E-state index contributed by atoms with van der Waals surface area (Å²) in [5, 5.41) is 7.22. The number of carbonyl (C=O) groups excluding carboxylic acids is 1. The Labute approximate surface area is 104 Å². The molecule has 1 aromatic heterocycles. The molecule has 94 valence electrons. The Balaban J connectivity index is 1.88. The lowest BCUT2D eigenvalue weighted by atomic mass is 10.1. The van der Waals surface area contributed by atoms with Gasteiger partial charge < -0.3 is 10.5 Å². The Hall–Kier alpha value is -2.37. The molecule has 0 saturated heterocycles. The molecule has 0 atom stereocenters. The maximum atomic E-state index is 11.6. The van der Waals surface area contributed by atoms with Crippen LogP contribution in [0.5, 0.6) is 0 Å². The van der Waals surface area contributed by atoms with Gasteiger partial charge in [0.05, 0.1) is 6.42 Å². The van der Waals surface area contributed by atoms with Crippen LogP contribution < -0.4 is 5.73 Å². The quantitative estimate of drug-likeness (QED) is 0.645. The van der Waals surface area contributed by atoms with Crippen LogP contribution in [0, 0.1) is 6.92 Å². The van der Waals surface area contributed by atoms with Gasteiger partial charge >= 0.3 is 5.97 Å². The normalized spacial score (nSPS) is 10.3. The summed E-state index contributed by atoms with van der Waals surface area (Å²) in [6.07, 6.45) is 0.176. The number of rotatable bonds is 4. The van der Waals surface area contributed by atoms with Gasteiger partial charge in [-0.05, 0) is 24.6 Å². The molecule has 0 bridgehead atoms. The number of hydrogen-bond donors (Lipinski definition) is 1. The SMILES string of the molecule is Cc1nonc1COC(=O)Cc1cccc(N)c1. The number of benzene rings is 1. The largest absolute Gasteiger partial charge is 0.459 e. The molecule has 1 aromatic carbocycles. The van der Waals surface area contributed by atoms with Gasteiger partial charge in [-0.2, -0.15) is 0 Å². The van der Waals surface area contributed by atoms with Crippen molar-refractivity contribution in [1.29, 1.82) is 0 Å². The number of esters is 1. The highest BCUT2D eigenvalue weighted by atomic mass is 16.6. The van der Waals surface area contributed by atoms with Gasteiger partial charge in [0.1, 0.15) is 18.0 Å². The number of nitrogen functional groups attached to an aromatic ring is 1. The lowest BCUT2D eigenvalue weighted by molar-refractivity contribution is -0.144. The fraction of sp³-hybridized carbons (Fsp3) is 0.250. The van der Waals surface area contributed by atoms with E-state index in [9.17, 15) is 4.79 Å². The number of anilines is 1. The van der Waals surface area contributed by atoms with Crippen LogP contribution in [0.2, 0.25) is 0 Å². The molecule has 0 aliphatic rings. The van der Waals surface area contributed by atoms with Crippen molar-refractivity contribution in [3.63, 3.8) is 0 Å². The van der Waals surface area contributed by atoms with Crippen molar-refractivity contribution >= 4 is 11.7 Å². The van der Waals surface area contributed by atoms with Crippen LogP contribution in [0.1, 0.15) is 17.0 Å². The first-order valence-electron chi connectivity index (χ1n) is 5.43. The van der Waals surface area contributed by atoms with E-state index in [0.717, 1.165) is 5.56 Å². The van der Waals surface area contributed by atoms with Gasteiger partial charge in [-0.3, -0.25) is 4.79 Å². The predicted octanol–water partition coefficient (Wildman–Crippen LogP) is 1.25. The van der Waals surface area contributed by atoms with E-state index in [0.29, 0.717) is 17.1 Å². The second-order valence-electron chi connectivity index (χ2n) is 3.88. The zero-order chi connectivity index (χ0) is 13.0. The Morgan fingerprint density at radius 2 is 2.28 bits per heavy atom. The molecular weight excluding hydrogens is 234 g/mol. The summed E-state index contributed by atoms with van der Waals surface area (Å²) < 4.78 is 9.57. The molecule has 0 aliphatic carbocycles. The van der Waals surface area contributed by atoms with Gasteiger partial charge in [0.2, 0.25) is 0 Å². The Kier molecular flexibility index (Phi) is 3.57. The monoisotopic (exact) mass is 247 g/mol. The third kappa shape index (κ3) is 3.07. The fourth-order valence-electron chi connectivity index (χ4n) is 1.45. The van der Waals surface area contributed by atoms with E-state index < -0.39 is 0 Å². The smallest absolute Gasteiger partial charge is 0.310 e. The topological polar surface area (TPSA) is 91.2 Å². The van der Waals surface area contributed by atoms with Crippen molar-refractivity contribution in [3.8, 4) is 0 Å². The van der Waals surface area contributed by atoms with Crippen molar-refractivity contribution in [1.82, 2.24) is 10.3 Å². The molecule has 1 heterocycles. The van der Waals surface area contributed by atoms with Crippen LogP contribution >= 0.6 is 0 Å². The van der Waals surface area contributed by atoms with Gasteiger partial charge in [-0.25, -0.2) is 4.63 Å². The lowest BCUT2D eigenvalue weighted by Crippen LogP contribution is -2.08. The Bertz CT molecular complexity index is 551. The summed E-state index contributed by atoms with van der Waals surface area (Å²) in [5.41, 5.74) is 8.20. The van der Waals surface area contributed by atoms with E-state index >= 15 is 0 Å². The third-order valence-corrected chi connectivity index (χ3v) is 2.42. The number of aromatic nitrogens is 2. The number of carbonyl (C=O) groups is 1. The molecule has 0 fully saturated rings. The summed E-state index contributed by atoms with van der Waals surface area (Å²) in [6.45, 7) is 1.80. The molecule has 0 spiro atoms. The highest BCUT2D eigenvalue weighted by molar-refractivity contribution is 5.73. The summed E-state index contributed by atoms with van der Waals surface area (Å²) in [5.74, 6) is -0.344. The molecule has 0 radical (unpaired) electrons. The Morgan fingerprint density at radius 1 is 1.44 bits per heavy atom. The van der Waals surface area contributed by atoms with E-state index in [1.54, 1.807) is 25.1 Å². The third-order valence-electron chi connectivity index (χ3n) is 2.42. The second kappa shape index (κ2) is 5.31. The first-order chi connectivity index (χ1) is 8.65. The van der Waals surface area contributed by atoms with Crippen LogP contribution in [0.15, 0.2) is 28.9 Å². The molecule has 2 N–H and O–H groups in total. The minimum absolute atomic E-state index is 0.0660. The molecule has 0 unspecified atom stereocenters. The highest BCUT2D eigenvalue weighted by Crippen LogP contribution is 2.09. The predicted molar refractivity (Wildman–Crippen MR) is 63.4 cm³/mol. The number of nitrogens with zero attached hydrogens (tertiary/aromatic N) is 2. The van der Waals surface area contributed by atoms with E-state index in [1.807, 2.05) is 6.07 Å². The zero-order valence-electron chi connectivity index (χ0n) is 9.92.